The summed E-state index contributed by atoms with van der Waals surface area (Å²) in [7, 11) is 6.05. The number of hydrogen-bond acceptors (Lipinski definition) is 6. The van der Waals surface area contributed by atoms with Crippen LogP contribution in [0.5, 0.6) is 0 Å². The second kappa shape index (κ2) is 15.2. The van der Waals surface area contributed by atoms with Gasteiger partial charge < -0.3 is 26.2 Å². The molecule has 5 N–H and O–H groups in total. The number of para-hydroxylation sites is 1. The van der Waals surface area contributed by atoms with Gasteiger partial charge in [-0.15, -0.1) is 0 Å². The average molecular weight is 616 g/mol. The predicted molar refractivity (Wildman–Crippen MR) is 163 cm³/mol. The molecule has 0 unspecified atom stereocenters. The van der Waals surface area contributed by atoms with E-state index < -0.39 is 29.7 Å². The van der Waals surface area contributed by atoms with E-state index in [1.165, 1.54) is 12.1 Å². The number of pyridine rings is 1. The van der Waals surface area contributed by atoms with Gasteiger partial charge in [-0.3, -0.25) is 19.4 Å². The van der Waals surface area contributed by atoms with Crippen LogP contribution < -0.4 is 16.8 Å². The molecule has 44 heavy (non-hydrogen) atoms. The first kappa shape index (κ1) is 34.6. The molecule has 2 aromatic carbocycles. The van der Waals surface area contributed by atoms with Crippen LogP contribution in [0.3, 0.4) is 0 Å². The molecule has 1 aromatic heterocycles. The summed E-state index contributed by atoms with van der Waals surface area (Å²) in [4.78, 5) is 45.5. The highest BCUT2D eigenvalue weighted by atomic mass is 19.4. The van der Waals surface area contributed by atoms with E-state index in [0.29, 0.717) is 35.2 Å². The molecule has 12 heteroatoms. The molecule has 0 fully saturated rings. The van der Waals surface area contributed by atoms with Gasteiger partial charge in [0.25, 0.3) is 0 Å². The minimum Gasteiger partial charge on any atom is -0.345 e. The number of nitrogens with one attached hydrogen (secondary N) is 1. The van der Waals surface area contributed by atoms with Gasteiger partial charge in [-0.1, -0.05) is 30.3 Å². The molecule has 0 saturated carbocycles. The molecule has 0 aliphatic carbocycles. The quantitative estimate of drug-likeness (QED) is 0.226. The van der Waals surface area contributed by atoms with Gasteiger partial charge >= 0.3 is 6.18 Å². The monoisotopic (exact) mass is 615 g/mol. The first-order chi connectivity index (χ1) is 20.7. The van der Waals surface area contributed by atoms with Crippen molar-refractivity contribution in [1.82, 2.24) is 15.2 Å². The number of Topliss-reactive ketones (excluding diaryl/α,β-unsaturated/α-hetero) is 1. The number of carbonyl (C=O) groups is 3. The van der Waals surface area contributed by atoms with Crippen molar-refractivity contribution in [1.29, 1.82) is 0 Å². The molecule has 0 aliphatic rings. The number of halogens is 3. The van der Waals surface area contributed by atoms with Gasteiger partial charge in [-0.05, 0) is 48.2 Å². The molecule has 2 amide bonds. The lowest BCUT2D eigenvalue weighted by Crippen LogP contribution is -2.50. The van der Waals surface area contributed by atoms with Gasteiger partial charge in [-0.25, -0.2) is 0 Å². The van der Waals surface area contributed by atoms with E-state index in [0.717, 1.165) is 29.6 Å². The predicted octanol–water partition coefficient (Wildman–Crippen LogP) is 2.69. The molecule has 0 bridgehead atoms. The Kier molecular flexibility index (Phi) is 12.0. The van der Waals surface area contributed by atoms with Crippen molar-refractivity contribution >= 4 is 28.5 Å². The molecule has 3 aromatic rings. The summed E-state index contributed by atoms with van der Waals surface area (Å²) < 4.78 is 39.9. The van der Waals surface area contributed by atoms with Crippen LogP contribution >= 0.6 is 0 Å². The number of alkyl halides is 3. The first-order valence-corrected chi connectivity index (χ1v) is 14.5. The molecular weight excluding hydrogens is 573 g/mol. The summed E-state index contributed by atoms with van der Waals surface area (Å²) in [5, 5.41) is 3.53. The minimum absolute atomic E-state index is 0.0198. The van der Waals surface area contributed by atoms with Gasteiger partial charge in [0.15, 0.2) is 5.78 Å². The van der Waals surface area contributed by atoms with Crippen molar-refractivity contribution in [3.63, 3.8) is 0 Å². The van der Waals surface area contributed by atoms with Crippen LogP contribution in [0, 0.1) is 0 Å². The van der Waals surface area contributed by atoms with Crippen molar-refractivity contribution in [2.75, 3.05) is 47.3 Å². The molecular formula is C32H42F3N6O3+. The second-order valence-electron chi connectivity index (χ2n) is 12.0. The van der Waals surface area contributed by atoms with Crippen molar-refractivity contribution in [3.05, 3.63) is 77.5 Å². The van der Waals surface area contributed by atoms with Gasteiger partial charge in [-0.2, -0.15) is 13.2 Å². The number of nitrogens with two attached hydrogens (primary N) is 2. The minimum atomic E-state index is -4.50. The summed E-state index contributed by atoms with van der Waals surface area (Å²) in [6, 6.07) is 11.6. The maximum absolute atomic E-state index is 13.5. The highest BCUT2D eigenvalue weighted by Gasteiger charge is 2.31. The fourth-order valence-corrected chi connectivity index (χ4v) is 4.63. The van der Waals surface area contributed by atoms with Crippen LogP contribution in [0.15, 0.2) is 60.8 Å². The molecule has 0 saturated heterocycles. The van der Waals surface area contributed by atoms with Crippen LogP contribution in [0.1, 0.15) is 29.5 Å². The summed E-state index contributed by atoms with van der Waals surface area (Å²) in [6.45, 7) is 1.91. The van der Waals surface area contributed by atoms with Gasteiger partial charge in [0.1, 0.15) is 0 Å². The maximum Gasteiger partial charge on any atom is 0.416 e. The topological polar surface area (TPSA) is 131 Å². The molecule has 9 nitrogen and oxygen atoms in total. The number of carbonyl (C=O) groups excluding carboxylic acids is 3. The Hall–Kier alpha value is -3.87. The van der Waals surface area contributed by atoms with Crippen LogP contribution in [0.4, 0.5) is 13.2 Å². The van der Waals surface area contributed by atoms with E-state index in [4.69, 9.17) is 11.5 Å². The summed E-state index contributed by atoms with van der Waals surface area (Å²) >= 11 is 0. The van der Waals surface area contributed by atoms with Crippen molar-refractivity contribution in [3.8, 4) is 0 Å². The van der Waals surface area contributed by atoms with Crippen LogP contribution in [-0.4, -0.2) is 91.4 Å². The van der Waals surface area contributed by atoms with Gasteiger partial charge in [0.05, 0.1) is 57.4 Å². The Bertz CT molecular complexity index is 1420. The SMILES string of the molecule is C[N+](C)(C)CCN(CCN)C(=O)CC[C@H](N)C(=O)N[C@@H](Cc1ccc(C(F)(F)F)cc1)C(=O)Cc1cnc2ccccc2c1. The zero-order chi connectivity index (χ0) is 32.5. The maximum atomic E-state index is 13.5. The van der Waals surface area contributed by atoms with Crippen molar-refractivity contribution in [2.24, 2.45) is 11.5 Å². The van der Waals surface area contributed by atoms with E-state index in [9.17, 15) is 27.6 Å². The number of likely N-dealkylation sites (N-methyl/N-ethyl adjacent to an activating group) is 1. The smallest absolute Gasteiger partial charge is 0.345 e. The lowest BCUT2D eigenvalue weighted by molar-refractivity contribution is -0.869. The Balaban J connectivity index is 1.71. The van der Waals surface area contributed by atoms with Gasteiger partial charge in [0.2, 0.25) is 11.8 Å². The zero-order valence-electron chi connectivity index (χ0n) is 25.4. The molecule has 1 heterocycles. The molecule has 0 aliphatic heterocycles. The van der Waals surface area contributed by atoms with Crippen LogP contribution in [0.25, 0.3) is 10.9 Å². The van der Waals surface area contributed by atoms with E-state index in [1.54, 1.807) is 11.1 Å². The Morgan fingerprint density at radius 1 is 1.00 bits per heavy atom. The standard InChI is InChI=1S/C32H41F3N6O3/c1-41(2,3)17-16-40(15-14-36)30(43)13-12-26(37)31(44)39-28(19-22-8-10-25(11-9-22)32(33,34)35)29(42)20-23-18-24-6-4-5-7-27(24)38-21-23/h4-11,18,21,26,28H,12-17,19-20,36-37H2,1-3H3/p+1/t26-,28-/m0/s1. The third kappa shape index (κ3) is 10.7. The lowest BCUT2D eigenvalue weighted by atomic mass is 9.96. The normalized spacial score (nSPS) is 13.4. The van der Waals surface area contributed by atoms with Crippen LogP contribution in [-0.2, 0) is 33.4 Å². The number of rotatable bonds is 15. The molecule has 2 atom stereocenters. The van der Waals surface area contributed by atoms with E-state index in [2.05, 4.69) is 10.3 Å². The van der Waals surface area contributed by atoms with E-state index >= 15 is 0 Å². The zero-order valence-corrected chi connectivity index (χ0v) is 25.4. The molecule has 0 radical (unpaired) electrons. The lowest BCUT2D eigenvalue weighted by Gasteiger charge is -2.29. The molecule has 0 spiro atoms. The Morgan fingerprint density at radius 2 is 1.68 bits per heavy atom. The number of amides is 2. The summed E-state index contributed by atoms with van der Waals surface area (Å²) in [5.74, 6) is -1.15. The third-order valence-electron chi connectivity index (χ3n) is 7.25. The molecule has 3 rings (SSSR count). The number of nitrogens with zero attached hydrogens (tertiary/aromatic N) is 3. The average Bonchev–Trinajstić information content (AvgIpc) is 2.96. The summed E-state index contributed by atoms with van der Waals surface area (Å²) in [5.41, 5.74) is 12.9. The largest absolute Gasteiger partial charge is 0.416 e. The fraction of sp³-hybridized carbons (Fsp3) is 0.438. The number of ketones is 1. The number of fused-ring (bicyclic) bond motifs is 1. The first-order valence-electron chi connectivity index (χ1n) is 14.5. The summed E-state index contributed by atoms with van der Waals surface area (Å²) in [6.07, 6.45) is -2.94. The Morgan fingerprint density at radius 3 is 2.32 bits per heavy atom. The van der Waals surface area contributed by atoms with Crippen LogP contribution in [0.2, 0.25) is 0 Å². The Labute approximate surface area is 256 Å². The van der Waals surface area contributed by atoms with E-state index in [-0.39, 0.29) is 37.4 Å². The number of benzene rings is 2. The van der Waals surface area contributed by atoms with E-state index in [1.807, 2.05) is 51.5 Å². The van der Waals surface area contributed by atoms with Crippen molar-refractivity contribution < 1.29 is 32.0 Å². The second-order valence-corrected chi connectivity index (χ2v) is 12.0. The third-order valence-corrected chi connectivity index (χ3v) is 7.25. The van der Waals surface area contributed by atoms with Crippen molar-refractivity contribution in [2.45, 2.75) is 43.9 Å². The molecule has 238 valence electrons. The number of aromatic nitrogens is 1. The highest BCUT2D eigenvalue weighted by Crippen LogP contribution is 2.29. The van der Waals surface area contributed by atoms with Gasteiger partial charge in [0, 0.05) is 37.5 Å². The number of hydrogen-bond donors (Lipinski definition) is 3. The fourth-order valence-electron chi connectivity index (χ4n) is 4.63. The highest BCUT2D eigenvalue weighted by molar-refractivity contribution is 5.93. The number of quaternary nitrogens is 1.